The Morgan fingerprint density at radius 2 is 1.92 bits per heavy atom. The lowest BCUT2D eigenvalue weighted by Crippen LogP contribution is -1.78. The van der Waals surface area contributed by atoms with Crippen LogP contribution in [0.2, 0.25) is 0 Å². The van der Waals surface area contributed by atoms with Crippen molar-refractivity contribution in [2.75, 3.05) is 0 Å². The van der Waals surface area contributed by atoms with Crippen LogP contribution in [-0.2, 0) is 0 Å². The van der Waals surface area contributed by atoms with E-state index < -0.39 is 0 Å². The van der Waals surface area contributed by atoms with E-state index in [4.69, 9.17) is 0 Å². The van der Waals surface area contributed by atoms with Gasteiger partial charge in [-0.1, -0.05) is 0 Å². The number of rotatable bonds is 0. The standard InChI is InChI=1S/C10H10FN/c1-6-3-8(11)5-10-9(6)4-7(2)12-10/h3-5,12H,1-2H3. The minimum absolute atomic E-state index is 0.179. The molecule has 2 rings (SSSR count). The summed E-state index contributed by atoms with van der Waals surface area (Å²) >= 11 is 0. The molecule has 0 saturated carbocycles. The van der Waals surface area contributed by atoms with E-state index in [0.717, 1.165) is 22.2 Å². The number of hydrogen-bond donors (Lipinski definition) is 1. The average Bonchev–Trinajstić information content (AvgIpc) is 2.29. The maximum absolute atomic E-state index is 12.9. The first-order valence-electron chi connectivity index (χ1n) is 3.92. The first-order valence-corrected chi connectivity index (χ1v) is 3.92. The second-order valence-corrected chi connectivity index (χ2v) is 3.14. The second-order valence-electron chi connectivity index (χ2n) is 3.14. The van der Waals surface area contributed by atoms with Gasteiger partial charge >= 0.3 is 0 Å². The van der Waals surface area contributed by atoms with Gasteiger partial charge in [0.1, 0.15) is 5.82 Å². The molecule has 62 valence electrons. The molecule has 1 aromatic heterocycles. The van der Waals surface area contributed by atoms with E-state index in [1.807, 2.05) is 19.9 Å². The molecule has 0 fully saturated rings. The minimum atomic E-state index is -0.179. The van der Waals surface area contributed by atoms with Crippen molar-refractivity contribution in [1.29, 1.82) is 0 Å². The summed E-state index contributed by atoms with van der Waals surface area (Å²) in [5.41, 5.74) is 2.93. The molecule has 0 atom stereocenters. The third kappa shape index (κ3) is 0.998. The Bertz CT molecular complexity index is 429. The quantitative estimate of drug-likeness (QED) is 0.614. The highest BCUT2D eigenvalue weighted by Gasteiger charge is 2.02. The fraction of sp³-hybridized carbons (Fsp3) is 0.200. The molecule has 12 heavy (non-hydrogen) atoms. The minimum Gasteiger partial charge on any atom is -0.359 e. The molecular weight excluding hydrogens is 153 g/mol. The summed E-state index contributed by atoms with van der Waals surface area (Å²) in [5, 5.41) is 1.11. The molecule has 0 aliphatic rings. The SMILES string of the molecule is Cc1cc2c(C)cc(F)cc2[nH]1. The zero-order valence-electron chi connectivity index (χ0n) is 7.11. The van der Waals surface area contributed by atoms with Gasteiger partial charge in [-0.15, -0.1) is 0 Å². The number of aromatic amines is 1. The molecule has 1 aromatic carbocycles. The molecule has 1 nitrogen and oxygen atoms in total. The molecule has 0 saturated heterocycles. The monoisotopic (exact) mass is 163 g/mol. The lowest BCUT2D eigenvalue weighted by Gasteiger charge is -1.95. The number of halogens is 1. The Balaban J connectivity index is 2.88. The number of nitrogens with one attached hydrogen (secondary N) is 1. The van der Waals surface area contributed by atoms with Crippen molar-refractivity contribution in [2.24, 2.45) is 0 Å². The van der Waals surface area contributed by atoms with Gasteiger partial charge in [-0.2, -0.15) is 0 Å². The highest BCUT2D eigenvalue weighted by molar-refractivity contribution is 5.83. The molecule has 1 heterocycles. The van der Waals surface area contributed by atoms with E-state index in [1.165, 1.54) is 6.07 Å². The summed E-state index contributed by atoms with van der Waals surface area (Å²) in [6.07, 6.45) is 0. The third-order valence-corrected chi connectivity index (χ3v) is 2.04. The van der Waals surface area contributed by atoms with Crippen LogP contribution >= 0.6 is 0 Å². The van der Waals surface area contributed by atoms with Crippen molar-refractivity contribution in [2.45, 2.75) is 13.8 Å². The molecule has 2 heteroatoms. The molecule has 0 unspecified atom stereocenters. The first kappa shape index (κ1) is 7.35. The van der Waals surface area contributed by atoms with Gasteiger partial charge in [0.25, 0.3) is 0 Å². The van der Waals surface area contributed by atoms with Crippen molar-refractivity contribution in [3.8, 4) is 0 Å². The molecule has 0 radical (unpaired) electrons. The number of aromatic nitrogens is 1. The summed E-state index contributed by atoms with van der Waals surface area (Å²) in [4.78, 5) is 3.10. The maximum atomic E-state index is 12.9. The Morgan fingerprint density at radius 3 is 2.67 bits per heavy atom. The first-order chi connectivity index (χ1) is 5.66. The van der Waals surface area contributed by atoms with Crippen molar-refractivity contribution in [1.82, 2.24) is 4.98 Å². The van der Waals surface area contributed by atoms with Gasteiger partial charge in [-0.3, -0.25) is 0 Å². The van der Waals surface area contributed by atoms with Crippen molar-refractivity contribution in [3.05, 3.63) is 35.3 Å². The summed E-state index contributed by atoms with van der Waals surface area (Å²) in [6.45, 7) is 3.88. The predicted octanol–water partition coefficient (Wildman–Crippen LogP) is 2.92. The largest absolute Gasteiger partial charge is 0.359 e. The molecule has 0 bridgehead atoms. The van der Waals surface area contributed by atoms with Gasteiger partial charge in [0.15, 0.2) is 0 Å². The number of fused-ring (bicyclic) bond motifs is 1. The van der Waals surface area contributed by atoms with Crippen LogP contribution in [0.4, 0.5) is 4.39 Å². The maximum Gasteiger partial charge on any atom is 0.125 e. The lowest BCUT2D eigenvalue weighted by atomic mass is 10.1. The van der Waals surface area contributed by atoms with Crippen LogP contribution in [0, 0.1) is 19.7 Å². The van der Waals surface area contributed by atoms with Gasteiger partial charge in [-0.05, 0) is 37.6 Å². The van der Waals surface area contributed by atoms with E-state index in [-0.39, 0.29) is 5.82 Å². The fourth-order valence-electron chi connectivity index (χ4n) is 1.51. The highest BCUT2D eigenvalue weighted by Crippen LogP contribution is 2.20. The zero-order chi connectivity index (χ0) is 8.72. The third-order valence-electron chi connectivity index (χ3n) is 2.04. The van der Waals surface area contributed by atoms with Crippen LogP contribution in [-0.4, -0.2) is 4.98 Å². The Hall–Kier alpha value is -1.31. The summed E-state index contributed by atoms with van der Waals surface area (Å²) in [5.74, 6) is -0.179. The van der Waals surface area contributed by atoms with Gasteiger partial charge in [0, 0.05) is 16.6 Å². The average molecular weight is 163 g/mol. The molecule has 0 aliphatic carbocycles. The van der Waals surface area contributed by atoms with Gasteiger partial charge < -0.3 is 4.98 Å². The zero-order valence-corrected chi connectivity index (χ0v) is 7.11. The Kier molecular flexibility index (Phi) is 1.43. The molecule has 0 amide bonds. The van der Waals surface area contributed by atoms with Gasteiger partial charge in [0.2, 0.25) is 0 Å². The molecule has 1 N–H and O–H groups in total. The number of H-pyrrole nitrogens is 1. The number of hydrogen-bond acceptors (Lipinski definition) is 0. The van der Waals surface area contributed by atoms with Gasteiger partial charge in [-0.25, -0.2) is 4.39 Å². The highest BCUT2D eigenvalue weighted by atomic mass is 19.1. The van der Waals surface area contributed by atoms with Crippen molar-refractivity contribution < 1.29 is 4.39 Å². The van der Waals surface area contributed by atoms with Crippen LogP contribution in [0.3, 0.4) is 0 Å². The number of benzene rings is 1. The van der Waals surface area contributed by atoms with E-state index in [0.29, 0.717) is 0 Å². The van der Waals surface area contributed by atoms with E-state index in [1.54, 1.807) is 6.07 Å². The van der Waals surface area contributed by atoms with Crippen molar-refractivity contribution in [3.63, 3.8) is 0 Å². The fourth-order valence-corrected chi connectivity index (χ4v) is 1.51. The molecular formula is C10H10FN. The molecule has 0 aliphatic heterocycles. The van der Waals surface area contributed by atoms with E-state index >= 15 is 0 Å². The van der Waals surface area contributed by atoms with Crippen LogP contribution in [0.1, 0.15) is 11.3 Å². The topological polar surface area (TPSA) is 15.8 Å². The van der Waals surface area contributed by atoms with Gasteiger partial charge in [0.05, 0.1) is 0 Å². The van der Waals surface area contributed by atoms with Crippen LogP contribution in [0.5, 0.6) is 0 Å². The lowest BCUT2D eigenvalue weighted by molar-refractivity contribution is 0.628. The normalized spacial score (nSPS) is 10.9. The summed E-state index contributed by atoms with van der Waals surface area (Å²) < 4.78 is 12.9. The molecule has 2 aromatic rings. The summed E-state index contributed by atoms with van der Waals surface area (Å²) in [6, 6.07) is 5.11. The second kappa shape index (κ2) is 2.34. The predicted molar refractivity (Wildman–Crippen MR) is 47.7 cm³/mol. The number of aryl methyl sites for hydroxylation is 2. The van der Waals surface area contributed by atoms with Crippen LogP contribution in [0.25, 0.3) is 10.9 Å². The Morgan fingerprint density at radius 1 is 1.17 bits per heavy atom. The molecule has 0 spiro atoms. The van der Waals surface area contributed by atoms with Crippen LogP contribution in [0.15, 0.2) is 18.2 Å². The Labute approximate surface area is 70.2 Å². The van der Waals surface area contributed by atoms with Crippen molar-refractivity contribution >= 4 is 10.9 Å². The van der Waals surface area contributed by atoms with E-state index in [9.17, 15) is 4.39 Å². The smallest absolute Gasteiger partial charge is 0.125 e. The van der Waals surface area contributed by atoms with Crippen LogP contribution < -0.4 is 0 Å². The summed E-state index contributed by atoms with van der Waals surface area (Å²) in [7, 11) is 0. The van der Waals surface area contributed by atoms with E-state index in [2.05, 4.69) is 4.98 Å².